The van der Waals surface area contributed by atoms with Crippen LogP contribution in [0.4, 0.5) is 5.13 Å². The van der Waals surface area contributed by atoms with Gasteiger partial charge in [0.2, 0.25) is 5.78 Å². The number of thiazole rings is 1. The highest BCUT2D eigenvalue weighted by molar-refractivity contribution is 7.19. The molecule has 0 spiro atoms. The average molecular weight is 281 g/mol. The van der Waals surface area contributed by atoms with E-state index < -0.39 is 0 Å². The van der Waals surface area contributed by atoms with Gasteiger partial charge in [-0.25, -0.2) is 4.98 Å². The molecule has 3 N–H and O–H groups in total. The van der Waals surface area contributed by atoms with Crippen molar-refractivity contribution in [2.24, 2.45) is 5.73 Å². The minimum absolute atomic E-state index is 0.0619. The van der Waals surface area contributed by atoms with E-state index in [4.69, 9.17) is 5.73 Å². The minimum atomic E-state index is 0.0619. The predicted molar refractivity (Wildman–Crippen MR) is 76.8 cm³/mol. The summed E-state index contributed by atoms with van der Waals surface area (Å²) in [6, 6.07) is 1.96. The van der Waals surface area contributed by atoms with Gasteiger partial charge >= 0.3 is 0 Å². The number of nitrogens with two attached hydrogens (primary N) is 1. The molecule has 6 heteroatoms. The molecule has 96 valence electrons. The van der Waals surface area contributed by atoms with E-state index in [1.165, 1.54) is 22.7 Å². The van der Waals surface area contributed by atoms with Crippen LogP contribution in [-0.2, 0) is 0 Å². The average Bonchev–Trinajstić information content (AvgIpc) is 2.98. The quantitative estimate of drug-likeness (QED) is 0.630. The second-order valence-electron chi connectivity index (χ2n) is 3.86. The normalized spacial score (nSPS) is 10.6. The molecular formula is C12H15N3OS2. The zero-order chi connectivity index (χ0) is 13.0. The highest BCUT2D eigenvalue weighted by atomic mass is 32.1. The number of aromatic nitrogens is 1. The van der Waals surface area contributed by atoms with Gasteiger partial charge in [-0.05, 0) is 36.9 Å². The van der Waals surface area contributed by atoms with E-state index in [2.05, 4.69) is 10.3 Å². The number of ketones is 1. The monoisotopic (exact) mass is 281 g/mol. The van der Waals surface area contributed by atoms with Crippen LogP contribution in [-0.4, -0.2) is 23.9 Å². The summed E-state index contributed by atoms with van der Waals surface area (Å²) in [5.41, 5.74) is 6.44. The Hall–Kier alpha value is -1.24. The number of aryl methyl sites for hydroxylation is 1. The Labute approximate surface area is 114 Å². The lowest BCUT2D eigenvalue weighted by Gasteiger charge is -1.99. The van der Waals surface area contributed by atoms with E-state index in [0.717, 1.165) is 28.5 Å². The molecule has 2 rings (SSSR count). The van der Waals surface area contributed by atoms with Crippen LogP contribution in [0, 0.1) is 6.92 Å². The first-order chi connectivity index (χ1) is 8.72. The fourth-order valence-electron chi connectivity index (χ4n) is 1.48. The third-order valence-electron chi connectivity index (χ3n) is 2.45. The lowest BCUT2D eigenvalue weighted by molar-refractivity contribution is 0.104. The smallest absolute Gasteiger partial charge is 0.214 e. The van der Waals surface area contributed by atoms with Gasteiger partial charge in [-0.1, -0.05) is 11.3 Å². The van der Waals surface area contributed by atoms with Crippen LogP contribution in [0.25, 0.3) is 0 Å². The third-order valence-corrected chi connectivity index (χ3v) is 4.42. The molecule has 0 saturated heterocycles. The number of nitrogens with one attached hydrogen (secondary N) is 1. The van der Waals surface area contributed by atoms with E-state index in [1.54, 1.807) is 6.20 Å². The van der Waals surface area contributed by atoms with Crippen LogP contribution in [0.5, 0.6) is 0 Å². The van der Waals surface area contributed by atoms with Crippen molar-refractivity contribution in [2.75, 3.05) is 18.4 Å². The Kier molecular flexibility index (Phi) is 4.46. The summed E-state index contributed by atoms with van der Waals surface area (Å²) in [5.74, 6) is 0.0619. The topological polar surface area (TPSA) is 68.0 Å². The Bertz CT molecular complexity index is 533. The molecule has 0 fully saturated rings. The van der Waals surface area contributed by atoms with Gasteiger partial charge in [0.25, 0.3) is 0 Å². The zero-order valence-corrected chi connectivity index (χ0v) is 11.7. The van der Waals surface area contributed by atoms with E-state index in [-0.39, 0.29) is 5.78 Å². The predicted octanol–water partition coefficient (Wildman–Crippen LogP) is 2.50. The molecule has 2 aromatic rings. The van der Waals surface area contributed by atoms with Crippen LogP contribution in [0.15, 0.2) is 17.6 Å². The number of hydrogen-bond donors (Lipinski definition) is 2. The maximum atomic E-state index is 12.2. The fraction of sp³-hybridized carbons (Fsp3) is 0.333. The summed E-state index contributed by atoms with van der Waals surface area (Å²) in [7, 11) is 0. The first-order valence-corrected chi connectivity index (χ1v) is 7.40. The molecule has 4 nitrogen and oxygen atoms in total. The molecular weight excluding hydrogens is 266 g/mol. The summed E-state index contributed by atoms with van der Waals surface area (Å²) < 4.78 is 0. The van der Waals surface area contributed by atoms with Crippen LogP contribution in [0.2, 0.25) is 0 Å². The van der Waals surface area contributed by atoms with E-state index in [1.807, 2.05) is 18.4 Å². The van der Waals surface area contributed by atoms with Gasteiger partial charge in [0.15, 0.2) is 5.13 Å². The second-order valence-corrected chi connectivity index (χ2v) is 5.81. The van der Waals surface area contributed by atoms with Crippen molar-refractivity contribution in [2.45, 2.75) is 13.3 Å². The third kappa shape index (κ3) is 2.95. The summed E-state index contributed by atoms with van der Waals surface area (Å²) in [6.45, 7) is 3.39. The summed E-state index contributed by atoms with van der Waals surface area (Å²) in [5, 5.41) is 5.87. The minimum Gasteiger partial charge on any atom is -0.361 e. The molecule has 0 radical (unpaired) electrons. The maximum absolute atomic E-state index is 12.2. The molecule has 0 aliphatic carbocycles. The molecule has 0 aromatic carbocycles. The van der Waals surface area contributed by atoms with E-state index >= 15 is 0 Å². The van der Waals surface area contributed by atoms with Crippen LogP contribution in [0.1, 0.15) is 26.5 Å². The van der Waals surface area contributed by atoms with Crippen molar-refractivity contribution in [3.63, 3.8) is 0 Å². The Morgan fingerprint density at radius 2 is 2.39 bits per heavy atom. The number of rotatable bonds is 6. The zero-order valence-electron chi connectivity index (χ0n) is 10.1. The van der Waals surface area contributed by atoms with Gasteiger partial charge < -0.3 is 11.1 Å². The van der Waals surface area contributed by atoms with Crippen molar-refractivity contribution in [3.05, 3.63) is 33.0 Å². The summed E-state index contributed by atoms with van der Waals surface area (Å²) in [4.78, 5) is 17.9. The lowest BCUT2D eigenvalue weighted by atomic mass is 10.2. The van der Waals surface area contributed by atoms with Crippen molar-refractivity contribution < 1.29 is 4.79 Å². The molecule has 2 heterocycles. The Morgan fingerprint density at radius 3 is 3.06 bits per heavy atom. The van der Waals surface area contributed by atoms with Gasteiger partial charge in [0, 0.05) is 6.54 Å². The number of hydrogen-bond acceptors (Lipinski definition) is 6. The van der Waals surface area contributed by atoms with Crippen molar-refractivity contribution in [3.8, 4) is 0 Å². The molecule has 0 amide bonds. The van der Waals surface area contributed by atoms with Crippen LogP contribution >= 0.6 is 22.7 Å². The van der Waals surface area contributed by atoms with Gasteiger partial charge in [-0.2, -0.15) is 0 Å². The van der Waals surface area contributed by atoms with Gasteiger partial charge in [0.05, 0.1) is 16.0 Å². The number of nitrogens with zero attached hydrogens (tertiary/aromatic N) is 1. The van der Waals surface area contributed by atoms with Crippen LogP contribution in [0.3, 0.4) is 0 Å². The van der Waals surface area contributed by atoms with E-state index in [0.29, 0.717) is 11.4 Å². The summed E-state index contributed by atoms with van der Waals surface area (Å²) >= 11 is 2.87. The first-order valence-electron chi connectivity index (χ1n) is 5.71. The molecule has 0 saturated carbocycles. The standard InChI is InChI=1S/C12H15N3OS2/c1-8-3-6-17-11(8)10(16)9-7-15-12(18-9)14-5-2-4-13/h3,6-7H,2,4-5,13H2,1H3,(H,14,15). The maximum Gasteiger partial charge on any atom is 0.214 e. The molecule has 2 aromatic heterocycles. The highest BCUT2D eigenvalue weighted by Crippen LogP contribution is 2.25. The molecule has 0 aliphatic heterocycles. The highest BCUT2D eigenvalue weighted by Gasteiger charge is 2.16. The Balaban J connectivity index is 2.06. The van der Waals surface area contributed by atoms with Crippen molar-refractivity contribution in [1.82, 2.24) is 4.98 Å². The van der Waals surface area contributed by atoms with Crippen molar-refractivity contribution >= 4 is 33.6 Å². The SMILES string of the molecule is Cc1ccsc1C(=O)c1cnc(NCCCN)s1. The summed E-state index contributed by atoms with van der Waals surface area (Å²) in [6.07, 6.45) is 2.53. The van der Waals surface area contributed by atoms with Gasteiger partial charge in [0.1, 0.15) is 0 Å². The van der Waals surface area contributed by atoms with Crippen molar-refractivity contribution in [1.29, 1.82) is 0 Å². The second kappa shape index (κ2) is 6.08. The van der Waals surface area contributed by atoms with Gasteiger partial charge in [-0.15, -0.1) is 11.3 Å². The molecule has 18 heavy (non-hydrogen) atoms. The number of anilines is 1. The number of thiophene rings is 1. The fourth-order valence-corrected chi connectivity index (χ4v) is 3.21. The molecule has 0 bridgehead atoms. The van der Waals surface area contributed by atoms with E-state index in [9.17, 15) is 4.79 Å². The first kappa shape index (κ1) is 13.2. The number of carbonyl (C=O) groups excluding carboxylic acids is 1. The molecule has 0 atom stereocenters. The molecule has 0 unspecified atom stereocenters. The molecule has 0 aliphatic rings. The van der Waals surface area contributed by atoms with Crippen LogP contribution < -0.4 is 11.1 Å². The lowest BCUT2D eigenvalue weighted by Crippen LogP contribution is -2.07. The largest absolute Gasteiger partial charge is 0.361 e. The Morgan fingerprint density at radius 1 is 1.56 bits per heavy atom. The number of carbonyl (C=O) groups is 1. The van der Waals surface area contributed by atoms with Gasteiger partial charge in [-0.3, -0.25) is 4.79 Å².